The minimum Gasteiger partial charge on any atom is -0.314 e. The molecule has 17 heavy (non-hydrogen) atoms. The molecular weight excluding hydrogens is 208 g/mol. The highest BCUT2D eigenvalue weighted by Crippen LogP contribution is 2.26. The summed E-state index contributed by atoms with van der Waals surface area (Å²) in [6.45, 7) is 17.7. The molecular formula is C15H32N2. The fraction of sp³-hybridized carbons (Fsp3) is 1.00. The van der Waals surface area contributed by atoms with Gasteiger partial charge in [-0.15, -0.1) is 0 Å². The predicted octanol–water partition coefficient (Wildman–Crippen LogP) is 2.99. The molecule has 0 aromatic rings. The van der Waals surface area contributed by atoms with Crippen molar-refractivity contribution in [2.45, 2.75) is 60.0 Å². The average Bonchev–Trinajstić information content (AvgIpc) is 2.73. The van der Waals surface area contributed by atoms with Crippen molar-refractivity contribution in [3.8, 4) is 0 Å². The second kappa shape index (κ2) is 6.75. The Labute approximate surface area is 108 Å². The lowest BCUT2D eigenvalue weighted by Gasteiger charge is -2.30. The molecule has 0 aromatic carbocycles. The van der Waals surface area contributed by atoms with E-state index in [1.54, 1.807) is 0 Å². The van der Waals surface area contributed by atoms with Gasteiger partial charge in [0, 0.05) is 18.6 Å². The predicted molar refractivity (Wildman–Crippen MR) is 76.3 cm³/mol. The number of likely N-dealkylation sites (tertiary alicyclic amines) is 1. The van der Waals surface area contributed by atoms with Crippen molar-refractivity contribution in [3.05, 3.63) is 0 Å². The van der Waals surface area contributed by atoms with E-state index in [9.17, 15) is 0 Å². The summed E-state index contributed by atoms with van der Waals surface area (Å²) in [5.74, 6) is 2.50. The topological polar surface area (TPSA) is 15.3 Å². The van der Waals surface area contributed by atoms with Crippen LogP contribution in [-0.4, -0.2) is 36.6 Å². The van der Waals surface area contributed by atoms with Gasteiger partial charge in [-0.2, -0.15) is 0 Å². The Kier molecular flexibility index (Phi) is 5.94. The number of nitrogens with one attached hydrogen (secondary N) is 1. The number of hydrogen-bond acceptors (Lipinski definition) is 2. The van der Waals surface area contributed by atoms with Crippen LogP contribution >= 0.6 is 0 Å². The van der Waals surface area contributed by atoms with Crippen LogP contribution in [0.2, 0.25) is 0 Å². The van der Waals surface area contributed by atoms with Crippen LogP contribution in [0.3, 0.4) is 0 Å². The number of hydrogen-bond donors (Lipinski definition) is 1. The van der Waals surface area contributed by atoms with Gasteiger partial charge in [0.1, 0.15) is 0 Å². The molecule has 0 aromatic heterocycles. The molecule has 2 heteroatoms. The Morgan fingerprint density at radius 2 is 1.76 bits per heavy atom. The van der Waals surface area contributed by atoms with Crippen LogP contribution in [0.25, 0.3) is 0 Å². The van der Waals surface area contributed by atoms with Crippen molar-refractivity contribution in [1.82, 2.24) is 10.2 Å². The lowest BCUT2D eigenvalue weighted by molar-refractivity contribution is 0.182. The fourth-order valence-electron chi connectivity index (χ4n) is 2.68. The zero-order valence-corrected chi connectivity index (χ0v) is 12.7. The summed E-state index contributed by atoms with van der Waals surface area (Å²) in [7, 11) is 0. The summed E-state index contributed by atoms with van der Waals surface area (Å²) in [5, 5.41) is 3.56. The molecule has 0 radical (unpaired) electrons. The van der Waals surface area contributed by atoms with E-state index in [0.29, 0.717) is 12.1 Å². The first-order valence-corrected chi connectivity index (χ1v) is 7.39. The zero-order chi connectivity index (χ0) is 13.0. The molecule has 1 aliphatic heterocycles. The molecule has 0 spiro atoms. The molecule has 2 nitrogen and oxygen atoms in total. The molecule has 0 amide bonds. The van der Waals surface area contributed by atoms with Crippen molar-refractivity contribution in [1.29, 1.82) is 0 Å². The molecule has 0 saturated carbocycles. The van der Waals surface area contributed by atoms with E-state index < -0.39 is 0 Å². The Hall–Kier alpha value is -0.0800. The second-order valence-corrected chi connectivity index (χ2v) is 6.57. The highest BCUT2D eigenvalue weighted by molar-refractivity contribution is 4.83. The second-order valence-electron chi connectivity index (χ2n) is 6.57. The lowest BCUT2D eigenvalue weighted by Crippen LogP contribution is -2.41. The quantitative estimate of drug-likeness (QED) is 0.768. The lowest BCUT2D eigenvalue weighted by atomic mass is 9.95. The summed E-state index contributed by atoms with van der Waals surface area (Å²) >= 11 is 0. The average molecular weight is 240 g/mol. The van der Waals surface area contributed by atoms with E-state index >= 15 is 0 Å². The third kappa shape index (κ3) is 4.59. The van der Waals surface area contributed by atoms with Gasteiger partial charge >= 0.3 is 0 Å². The maximum Gasteiger partial charge on any atom is 0.0105 e. The van der Waals surface area contributed by atoms with Crippen LogP contribution in [0.5, 0.6) is 0 Å². The maximum absolute atomic E-state index is 3.56. The SMILES string of the molecule is CC(C)NCC(C)C(C)N1CCC(C(C)C)C1. The summed E-state index contributed by atoms with van der Waals surface area (Å²) in [6.07, 6.45) is 1.40. The summed E-state index contributed by atoms with van der Waals surface area (Å²) in [6, 6.07) is 1.32. The van der Waals surface area contributed by atoms with Gasteiger partial charge in [-0.3, -0.25) is 0 Å². The van der Waals surface area contributed by atoms with Crippen molar-refractivity contribution in [2.75, 3.05) is 19.6 Å². The third-order valence-electron chi connectivity index (χ3n) is 4.45. The molecule has 1 fully saturated rings. The maximum atomic E-state index is 3.56. The number of rotatable bonds is 6. The van der Waals surface area contributed by atoms with Gasteiger partial charge < -0.3 is 10.2 Å². The first kappa shape index (κ1) is 15.0. The van der Waals surface area contributed by atoms with Crippen molar-refractivity contribution in [3.63, 3.8) is 0 Å². The molecule has 1 saturated heterocycles. The molecule has 0 bridgehead atoms. The van der Waals surface area contributed by atoms with Crippen LogP contribution in [-0.2, 0) is 0 Å². The number of nitrogens with zero attached hydrogens (tertiary/aromatic N) is 1. The van der Waals surface area contributed by atoms with Crippen LogP contribution < -0.4 is 5.32 Å². The van der Waals surface area contributed by atoms with Gasteiger partial charge in [0.05, 0.1) is 0 Å². The minimum atomic E-state index is 0.603. The molecule has 1 aliphatic rings. The first-order chi connectivity index (χ1) is 7.91. The Balaban J connectivity index is 2.35. The molecule has 102 valence electrons. The molecule has 3 atom stereocenters. The van der Waals surface area contributed by atoms with Crippen molar-refractivity contribution in [2.24, 2.45) is 17.8 Å². The zero-order valence-electron chi connectivity index (χ0n) is 12.7. The van der Waals surface area contributed by atoms with Gasteiger partial charge in [0.25, 0.3) is 0 Å². The van der Waals surface area contributed by atoms with Crippen LogP contribution in [0.1, 0.15) is 48.0 Å². The van der Waals surface area contributed by atoms with E-state index in [1.807, 2.05) is 0 Å². The Bertz CT molecular complexity index is 213. The molecule has 1 rings (SSSR count). The molecule has 1 heterocycles. The summed E-state index contributed by atoms with van der Waals surface area (Å²) < 4.78 is 0. The molecule has 0 aliphatic carbocycles. The van der Waals surface area contributed by atoms with E-state index in [4.69, 9.17) is 0 Å². The highest BCUT2D eigenvalue weighted by atomic mass is 15.2. The summed E-state index contributed by atoms with van der Waals surface area (Å²) in [5.41, 5.74) is 0. The van der Waals surface area contributed by atoms with E-state index in [-0.39, 0.29) is 0 Å². The monoisotopic (exact) mass is 240 g/mol. The largest absolute Gasteiger partial charge is 0.314 e. The Morgan fingerprint density at radius 1 is 1.12 bits per heavy atom. The highest BCUT2D eigenvalue weighted by Gasteiger charge is 2.29. The third-order valence-corrected chi connectivity index (χ3v) is 4.45. The molecule has 1 N–H and O–H groups in total. The van der Waals surface area contributed by atoms with Gasteiger partial charge in [-0.05, 0) is 44.2 Å². The van der Waals surface area contributed by atoms with E-state index in [2.05, 4.69) is 51.8 Å². The van der Waals surface area contributed by atoms with E-state index in [0.717, 1.165) is 24.3 Å². The normalized spacial score (nSPS) is 25.8. The minimum absolute atomic E-state index is 0.603. The smallest absolute Gasteiger partial charge is 0.0105 e. The van der Waals surface area contributed by atoms with Crippen molar-refractivity contribution >= 4 is 0 Å². The van der Waals surface area contributed by atoms with E-state index in [1.165, 1.54) is 19.5 Å². The van der Waals surface area contributed by atoms with Gasteiger partial charge in [0.2, 0.25) is 0 Å². The first-order valence-electron chi connectivity index (χ1n) is 7.39. The van der Waals surface area contributed by atoms with Crippen LogP contribution in [0.15, 0.2) is 0 Å². The standard InChI is InChI=1S/C15H32N2/c1-11(2)15-7-8-17(10-15)14(6)13(5)9-16-12(3)4/h11-16H,7-10H2,1-6H3. The molecule has 3 unspecified atom stereocenters. The van der Waals surface area contributed by atoms with Gasteiger partial charge in [-0.1, -0.05) is 34.6 Å². The fourth-order valence-corrected chi connectivity index (χ4v) is 2.68. The van der Waals surface area contributed by atoms with Gasteiger partial charge in [0.15, 0.2) is 0 Å². The Morgan fingerprint density at radius 3 is 2.24 bits per heavy atom. The van der Waals surface area contributed by atoms with Crippen LogP contribution in [0, 0.1) is 17.8 Å². The van der Waals surface area contributed by atoms with Gasteiger partial charge in [-0.25, -0.2) is 0 Å². The van der Waals surface area contributed by atoms with Crippen LogP contribution in [0.4, 0.5) is 0 Å². The van der Waals surface area contributed by atoms with Crippen molar-refractivity contribution < 1.29 is 0 Å². The summed E-state index contributed by atoms with van der Waals surface area (Å²) in [4.78, 5) is 2.69.